The van der Waals surface area contributed by atoms with Gasteiger partial charge in [0.15, 0.2) is 5.78 Å². The summed E-state index contributed by atoms with van der Waals surface area (Å²) in [5.41, 5.74) is 0.841. The number of carbonyl (C=O) groups is 1. The zero-order valence-corrected chi connectivity index (χ0v) is 15.0. The van der Waals surface area contributed by atoms with Gasteiger partial charge in [0.05, 0.1) is 23.8 Å². The molecule has 0 aromatic heterocycles. The van der Waals surface area contributed by atoms with E-state index in [-0.39, 0.29) is 16.3 Å². The molecule has 1 saturated heterocycles. The van der Waals surface area contributed by atoms with Gasteiger partial charge < -0.3 is 9.64 Å². The van der Waals surface area contributed by atoms with E-state index in [9.17, 15) is 19.3 Å². The van der Waals surface area contributed by atoms with Crippen molar-refractivity contribution in [3.63, 3.8) is 0 Å². The van der Waals surface area contributed by atoms with Crippen molar-refractivity contribution in [3.05, 3.63) is 74.6 Å². The number of rotatable bonds is 5. The lowest BCUT2D eigenvalue weighted by molar-refractivity contribution is -0.384. The average Bonchev–Trinajstić information content (AvgIpc) is 2.67. The summed E-state index contributed by atoms with van der Waals surface area (Å²) in [6.07, 6.45) is 2.68. The standard InChI is InChI=1S/C19H16ClFN2O4/c20-15-4-1-13(11-18(15)23(25)26)2-6-19(24)14-3-5-17(16(21)12-14)22-7-9-27-10-8-22/h1-6,11-12H,7-10H2/b6-2+. The number of benzene rings is 2. The lowest BCUT2D eigenvalue weighted by Gasteiger charge is -2.29. The van der Waals surface area contributed by atoms with E-state index in [0.717, 1.165) is 0 Å². The molecule has 27 heavy (non-hydrogen) atoms. The van der Waals surface area contributed by atoms with Gasteiger partial charge in [0.2, 0.25) is 0 Å². The molecule has 140 valence electrons. The van der Waals surface area contributed by atoms with Crippen LogP contribution in [0.3, 0.4) is 0 Å². The Morgan fingerprint density at radius 2 is 1.96 bits per heavy atom. The molecule has 8 heteroatoms. The first-order chi connectivity index (χ1) is 13.0. The van der Waals surface area contributed by atoms with Gasteiger partial charge in [0.1, 0.15) is 10.8 Å². The van der Waals surface area contributed by atoms with Crippen LogP contribution in [0.15, 0.2) is 42.5 Å². The highest BCUT2D eigenvalue weighted by atomic mass is 35.5. The molecule has 0 atom stereocenters. The van der Waals surface area contributed by atoms with Crippen molar-refractivity contribution in [2.45, 2.75) is 0 Å². The number of nitrogens with zero attached hydrogens (tertiary/aromatic N) is 2. The maximum atomic E-state index is 14.4. The molecule has 1 fully saturated rings. The molecule has 1 heterocycles. The summed E-state index contributed by atoms with van der Waals surface area (Å²) in [4.78, 5) is 24.5. The summed E-state index contributed by atoms with van der Waals surface area (Å²) in [5.74, 6) is -0.877. The highest BCUT2D eigenvalue weighted by Gasteiger charge is 2.16. The lowest BCUT2D eigenvalue weighted by Crippen LogP contribution is -2.36. The number of carbonyl (C=O) groups excluding carboxylic acids is 1. The minimum Gasteiger partial charge on any atom is -0.378 e. The molecule has 6 nitrogen and oxygen atoms in total. The van der Waals surface area contributed by atoms with Gasteiger partial charge in [-0.15, -0.1) is 0 Å². The van der Waals surface area contributed by atoms with Crippen molar-refractivity contribution in [2.24, 2.45) is 0 Å². The fraction of sp³-hybridized carbons (Fsp3) is 0.211. The van der Waals surface area contributed by atoms with Gasteiger partial charge in [-0.05, 0) is 35.9 Å². The SMILES string of the molecule is O=C(/C=C/c1ccc(Cl)c([N+](=O)[O-])c1)c1ccc(N2CCOCC2)c(F)c1. The molecule has 0 spiro atoms. The van der Waals surface area contributed by atoms with E-state index in [4.69, 9.17) is 16.3 Å². The van der Waals surface area contributed by atoms with Crippen LogP contribution in [0.2, 0.25) is 5.02 Å². The molecule has 3 rings (SSSR count). The fourth-order valence-corrected chi connectivity index (χ4v) is 2.95. The third-order valence-electron chi connectivity index (χ3n) is 4.18. The molecule has 2 aromatic carbocycles. The number of nitro benzene ring substituents is 1. The Morgan fingerprint density at radius 3 is 2.63 bits per heavy atom. The van der Waals surface area contributed by atoms with Crippen molar-refractivity contribution in [1.82, 2.24) is 0 Å². The predicted molar refractivity (Wildman–Crippen MR) is 101 cm³/mol. The Balaban J connectivity index is 1.76. The number of allylic oxidation sites excluding steroid dienone is 1. The van der Waals surface area contributed by atoms with Crippen LogP contribution in [-0.4, -0.2) is 37.0 Å². The fourth-order valence-electron chi connectivity index (χ4n) is 2.76. The summed E-state index contributed by atoms with van der Waals surface area (Å²) in [6, 6.07) is 8.55. The summed E-state index contributed by atoms with van der Waals surface area (Å²) >= 11 is 5.76. The highest BCUT2D eigenvalue weighted by Crippen LogP contribution is 2.26. The molecule has 1 aliphatic rings. The van der Waals surface area contributed by atoms with Crippen LogP contribution in [0.5, 0.6) is 0 Å². The number of ether oxygens (including phenoxy) is 1. The summed E-state index contributed by atoms with van der Waals surface area (Å²) < 4.78 is 19.6. The van der Waals surface area contributed by atoms with Gasteiger partial charge in [-0.2, -0.15) is 0 Å². The molecule has 0 aliphatic carbocycles. The Bertz CT molecular complexity index is 911. The second-order valence-corrected chi connectivity index (χ2v) is 6.34. The Kier molecular flexibility index (Phi) is 5.83. The Hall–Kier alpha value is -2.77. The largest absolute Gasteiger partial charge is 0.378 e. The van der Waals surface area contributed by atoms with Crippen molar-refractivity contribution in [3.8, 4) is 0 Å². The number of halogens is 2. The minimum atomic E-state index is -0.596. The van der Waals surface area contributed by atoms with Crippen LogP contribution in [-0.2, 0) is 4.74 Å². The molecule has 0 unspecified atom stereocenters. The number of nitro groups is 1. The van der Waals surface area contributed by atoms with E-state index in [0.29, 0.717) is 37.6 Å². The summed E-state index contributed by atoms with van der Waals surface area (Å²) in [7, 11) is 0. The summed E-state index contributed by atoms with van der Waals surface area (Å²) in [6.45, 7) is 2.27. The van der Waals surface area contributed by atoms with Crippen LogP contribution >= 0.6 is 11.6 Å². The van der Waals surface area contributed by atoms with Crippen LogP contribution < -0.4 is 4.90 Å². The number of morpholine rings is 1. The first-order valence-corrected chi connectivity index (χ1v) is 8.62. The third kappa shape index (κ3) is 4.50. The second kappa shape index (κ2) is 8.28. The number of anilines is 1. The Morgan fingerprint density at radius 1 is 1.22 bits per heavy atom. The second-order valence-electron chi connectivity index (χ2n) is 5.93. The minimum absolute atomic E-state index is 0.0178. The lowest BCUT2D eigenvalue weighted by atomic mass is 10.1. The number of hydrogen-bond acceptors (Lipinski definition) is 5. The van der Waals surface area contributed by atoms with Crippen molar-refractivity contribution in [2.75, 3.05) is 31.2 Å². The smallest absolute Gasteiger partial charge is 0.288 e. The summed E-state index contributed by atoms with van der Waals surface area (Å²) in [5, 5.41) is 10.9. The van der Waals surface area contributed by atoms with Gasteiger partial charge >= 0.3 is 0 Å². The van der Waals surface area contributed by atoms with Crippen molar-refractivity contribution in [1.29, 1.82) is 0 Å². The maximum Gasteiger partial charge on any atom is 0.288 e. The van der Waals surface area contributed by atoms with E-state index in [1.54, 1.807) is 18.2 Å². The highest BCUT2D eigenvalue weighted by molar-refractivity contribution is 6.32. The van der Waals surface area contributed by atoms with E-state index >= 15 is 0 Å². The number of ketones is 1. The maximum absolute atomic E-state index is 14.4. The average molecular weight is 391 g/mol. The van der Waals surface area contributed by atoms with Gasteiger partial charge in [-0.25, -0.2) is 4.39 Å². The van der Waals surface area contributed by atoms with Crippen LogP contribution in [0.1, 0.15) is 15.9 Å². The normalized spacial score (nSPS) is 14.5. The first-order valence-electron chi connectivity index (χ1n) is 8.24. The number of hydrogen-bond donors (Lipinski definition) is 0. The molecule has 2 aromatic rings. The molecule has 0 radical (unpaired) electrons. The topological polar surface area (TPSA) is 72.7 Å². The molecule has 0 amide bonds. The molecule has 0 bridgehead atoms. The van der Waals surface area contributed by atoms with E-state index in [1.165, 1.54) is 30.4 Å². The van der Waals surface area contributed by atoms with Crippen molar-refractivity contribution >= 4 is 34.8 Å². The van der Waals surface area contributed by atoms with Crippen LogP contribution in [0, 0.1) is 15.9 Å². The molecule has 1 aliphatic heterocycles. The monoisotopic (exact) mass is 390 g/mol. The van der Waals surface area contributed by atoms with Crippen LogP contribution in [0.25, 0.3) is 6.08 Å². The van der Waals surface area contributed by atoms with Crippen molar-refractivity contribution < 1.29 is 18.8 Å². The molecular formula is C19H16ClFN2O4. The quantitative estimate of drug-likeness (QED) is 0.332. The van der Waals surface area contributed by atoms with E-state index in [1.807, 2.05) is 4.90 Å². The van der Waals surface area contributed by atoms with Gasteiger partial charge in [-0.1, -0.05) is 23.7 Å². The predicted octanol–water partition coefficient (Wildman–Crippen LogP) is 4.12. The van der Waals surface area contributed by atoms with E-state index < -0.39 is 16.5 Å². The zero-order chi connectivity index (χ0) is 19.4. The zero-order valence-electron chi connectivity index (χ0n) is 14.2. The molecule has 0 N–H and O–H groups in total. The third-order valence-corrected chi connectivity index (χ3v) is 4.50. The van der Waals surface area contributed by atoms with Gasteiger partial charge in [-0.3, -0.25) is 14.9 Å². The van der Waals surface area contributed by atoms with Gasteiger partial charge in [0, 0.05) is 24.7 Å². The molecular weight excluding hydrogens is 375 g/mol. The van der Waals surface area contributed by atoms with E-state index in [2.05, 4.69) is 0 Å². The van der Waals surface area contributed by atoms with Crippen LogP contribution in [0.4, 0.5) is 15.8 Å². The van der Waals surface area contributed by atoms with Gasteiger partial charge in [0.25, 0.3) is 5.69 Å². The molecule has 0 saturated carbocycles. The first kappa shape index (κ1) is 19.0. The Labute approximate surface area is 160 Å².